The van der Waals surface area contributed by atoms with E-state index < -0.39 is 0 Å². The fourth-order valence-electron chi connectivity index (χ4n) is 2.62. The van der Waals surface area contributed by atoms with Crippen LogP contribution in [0.25, 0.3) is 22.0 Å². The number of nitrogens with zero attached hydrogens (tertiary/aromatic N) is 6. The van der Waals surface area contributed by atoms with Gasteiger partial charge in [-0.3, -0.25) is 9.97 Å². The van der Waals surface area contributed by atoms with E-state index in [0.717, 1.165) is 34.1 Å². The van der Waals surface area contributed by atoms with Gasteiger partial charge in [0.05, 0.1) is 21.8 Å². The first kappa shape index (κ1) is 16.3. The van der Waals surface area contributed by atoms with Gasteiger partial charge in [0.1, 0.15) is 5.82 Å². The first-order valence-electron chi connectivity index (χ1n) is 8.18. The van der Waals surface area contributed by atoms with E-state index >= 15 is 0 Å². The molecule has 4 aromatic heterocycles. The second-order valence-electron chi connectivity index (χ2n) is 5.67. The van der Waals surface area contributed by atoms with Crippen molar-refractivity contribution in [2.45, 2.75) is 6.42 Å². The molecule has 0 atom stereocenters. The highest BCUT2D eigenvalue weighted by Gasteiger charge is 2.15. The van der Waals surface area contributed by atoms with Crippen LogP contribution >= 0.6 is 11.3 Å². The van der Waals surface area contributed by atoms with Crippen molar-refractivity contribution in [2.24, 2.45) is 7.05 Å². The van der Waals surface area contributed by atoms with Gasteiger partial charge < -0.3 is 9.88 Å². The number of aromatic nitrogens is 6. The molecule has 8 heteroatoms. The van der Waals surface area contributed by atoms with Crippen LogP contribution in [-0.2, 0) is 13.5 Å². The number of hydrogen-bond acceptors (Lipinski definition) is 7. The molecule has 0 amide bonds. The van der Waals surface area contributed by atoms with E-state index in [0.29, 0.717) is 12.5 Å². The molecule has 1 N–H and O–H groups in total. The van der Waals surface area contributed by atoms with Crippen molar-refractivity contribution in [2.75, 3.05) is 11.9 Å². The Bertz CT molecular complexity index is 980. The van der Waals surface area contributed by atoms with Gasteiger partial charge in [0, 0.05) is 57.2 Å². The van der Waals surface area contributed by atoms with Crippen molar-refractivity contribution in [1.82, 2.24) is 29.5 Å². The third-order valence-corrected chi connectivity index (χ3v) is 4.76. The van der Waals surface area contributed by atoms with E-state index in [9.17, 15) is 0 Å². The van der Waals surface area contributed by atoms with Gasteiger partial charge in [-0.1, -0.05) is 6.07 Å². The molecule has 0 saturated heterocycles. The van der Waals surface area contributed by atoms with Gasteiger partial charge in [0.2, 0.25) is 5.95 Å². The van der Waals surface area contributed by atoms with Crippen LogP contribution in [-0.4, -0.2) is 36.0 Å². The molecular formula is C18H17N7S. The van der Waals surface area contributed by atoms with Crippen LogP contribution in [0.15, 0.2) is 54.7 Å². The number of thiophene rings is 1. The summed E-state index contributed by atoms with van der Waals surface area (Å²) in [6, 6.07) is 4.08. The molecule has 0 bridgehead atoms. The Morgan fingerprint density at radius 1 is 1.12 bits per heavy atom. The number of rotatable bonds is 6. The Balaban J connectivity index is 1.59. The maximum atomic E-state index is 4.74. The van der Waals surface area contributed by atoms with Crippen molar-refractivity contribution in [1.29, 1.82) is 0 Å². The molecule has 130 valence electrons. The summed E-state index contributed by atoms with van der Waals surface area (Å²) < 4.78 is 1.97. The van der Waals surface area contributed by atoms with E-state index in [2.05, 4.69) is 31.3 Å². The molecule has 4 heterocycles. The topological polar surface area (TPSA) is 81.4 Å². The van der Waals surface area contributed by atoms with Crippen molar-refractivity contribution in [3.05, 3.63) is 60.4 Å². The summed E-state index contributed by atoms with van der Waals surface area (Å²) in [5, 5.41) is 5.31. The monoisotopic (exact) mass is 363 g/mol. The minimum absolute atomic E-state index is 0.593. The lowest BCUT2D eigenvalue weighted by atomic mass is 10.2. The quantitative estimate of drug-likeness (QED) is 0.567. The summed E-state index contributed by atoms with van der Waals surface area (Å²) in [5.41, 5.74) is 2.73. The second kappa shape index (κ2) is 7.40. The molecule has 0 fully saturated rings. The summed E-state index contributed by atoms with van der Waals surface area (Å²) in [4.78, 5) is 23.1. The lowest BCUT2D eigenvalue weighted by Crippen LogP contribution is -2.10. The maximum Gasteiger partial charge on any atom is 0.223 e. The normalized spacial score (nSPS) is 10.8. The summed E-state index contributed by atoms with van der Waals surface area (Å²) >= 11 is 1.65. The van der Waals surface area contributed by atoms with Gasteiger partial charge in [-0.25, -0.2) is 15.0 Å². The zero-order chi connectivity index (χ0) is 17.8. The number of nitrogens with one attached hydrogen (secondary N) is 1. The van der Waals surface area contributed by atoms with Crippen molar-refractivity contribution in [3.63, 3.8) is 0 Å². The van der Waals surface area contributed by atoms with Gasteiger partial charge >= 0.3 is 0 Å². The lowest BCUT2D eigenvalue weighted by molar-refractivity contribution is 0.915. The Kier molecular flexibility index (Phi) is 4.65. The van der Waals surface area contributed by atoms with E-state index in [1.54, 1.807) is 36.1 Å². The van der Waals surface area contributed by atoms with E-state index in [-0.39, 0.29) is 0 Å². The molecular weight excluding hydrogens is 346 g/mol. The molecule has 4 rings (SSSR count). The molecule has 0 aliphatic carbocycles. The predicted molar refractivity (Wildman–Crippen MR) is 102 cm³/mol. The van der Waals surface area contributed by atoms with Gasteiger partial charge in [-0.2, -0.15) is 0 Å². The van der Waals surface area contributed by atoms with Crippen LogP contribution < -0.4 is 5.32 Å². The minimum atomic E-state index is 0.593. The third kappa shape index (κ3) is 3.45. The van der Waals surface area contributed by atoms with E-state index in [4.69, 9.17) is 4.98 Å². The molecule has 0 radical (unpaired) electrons. The summed E-state index contributed by atoms with van der Waals surface area (Å²) in [5.74, 6) is 1.44. The summed E-state index contributed by atoms with van der Waals surface area (Å²) in [6.07, 6.45) is 11.4. The van der Waals surface area contributed by atoms with Crippen LogP contribution in [0.5, 0.6) is 0 Å². The Morgan fingerprint density at radius 2 is 2.08 bits per heavy atom. The standard InChI is InChI=1S/C18H17N7S/c1-25-9-8-21-17(25)14-12-23-18(24-16(14)15-3-2-10-26-15)22-5-4-13-11-19-6-7-20-13/h2-3,6-12H,4-5H2,1H3,(H,22,23,24). The van der Waals surface area contributed by atoms with Crippen LogP contribution in [0, 0.1) is 0 Å². The summed E-state index contributed by atoms with van der Waals surface area (Å²) in [7, 11) is 1.97. The van der Waals surface area contributed by atoms with Crippen molar-refractivity contribution < 1.29 is 0 Å². The zero-order valence-corrected chi connectivity index (χ0v) is 15.0. The molecule has 0 unspecified atom stereocenters. The fraction of sp³-hybridized carbons (Fsp3) is 0.167. The van der Waals surface area contributed by atoms with Crippen LogP contribution in [0.2, 0.25) is 0 Å². The molecule has 26 heavy (non-hydrogen) atoms. The third-order valence-electron chi connectivity index (χ3n) is 3.89. The number of hydrogen-bond donors (Lipinski definition) is 1. The Labute approximate surface area is 154 Å². The maximum absolute atomic E-state index is 4.74. The molecule has 0 aliphatic heterocycles. The molecule has 4 aromatic rings. The van der Waals surface area contributed by atoms with E-state index in [1.807, 2.05) is 35.5 Å². The number of aryl methyl sites for hydroxylation is 1. The van der Waals surface area contributed by atoms with Crippen LogP contribution in [0.4, 0.5) is 5.95 Å². The second-order valence-corrected chi connectivity index (χ2v) is 6.62. The number of anilines is 1. The largest absolute Gasteiger partial charge is 0.354 e. The Hall–Kier alpha value is -3.13. The minimum Gasteiger partial charge on any atom is -0.354 e. The SMILES string of the molecule is Cn1ccnc1-c1cnc(NCCc2cnccn2)nc1-c1cccs1. The molecule has 0 spiro atoms. The van der Waals surface area contributed by atoms with Gasteiger partial charge in [0.15, 0.2) is 0 Å². The van der Waals surface area contributed by atoms with Crippen LogP contribution in [0.3, 0.4) is 0 Å². The molecule has 0 saturated carbocycles. The van der Waals surface area contributed by atoms with Gasteiger partial charge in [0.25, 0.3) is 0 Å². The highest BCUT2D eigenvalue weighted by atomic mass is 32.1. The summed E-state index contributed by atoms with van der Waals surface area (Å²) in [6.45, 7) is 0.685. The highest BCUT2D eigenvalue weighted by molar-refractivity contribution is 7.13. The first-order valence-corrected chi connectivity index (χ1v) is 9.06. The van der Waals surface area contributed by atoms with Crippen LogP contribution in [0.1, 0.15) is 5.69 Å². The molecule has 0 aromatic carbocycles. The fourth-order valence-corrected chi connectivity index (χ4v) is 3.35. The first-order chi connectivity index (χ1) is 12.8. The molecule has 0 aliphatic rings. The number of imidazole rings is 1. The van der Waals surface area contributed by atoms with Gasteiger partial charge in [-0.15, -0.1) is 11.3 Å². The van der Waals surface area contributed by atoms with Gasteiger partial charge in [-0.05, 0) is 11.4 Å². The van der Waals surface area contributed by atoms with Crippen molar-refractivity contribution in [3.8, 4) is 22.0 Å². The zero-order valence-electron chi connectivity index (χ0n) is 14.2. The highest BCUT2D eigenvalue weighted by Crippen LogP contribution is 2.32. The Morgan fingerprint density at radius 3 is 2.81 bits per heavy atom. The lowest BCUT2D eigenvalue weighted by Gasteiger charge is -2.10. The van der Waals surface area contributed by atoms with Crippen molar-refractivity contribution >= 4 is 17.3 Å². The molecule has 7 nitrogen and oxygen atoms in total. The smallest absolute Gasteiger partial charge is 0.223 e. The van der Waals surface area contributed by atoms with E-state index in [1.165, 1.54) is 0 Å². The average Bonchev–Trinajstić information content (AvgIpc) is 3.34. The average molecular weight is 363 g/mol. The predicted octanol–water partition coefficient (Wildman–Crippen LogP) is 3.05.